The molecule has 0 spiro atoms. The number of anilines is 1. The van der Waals surface area contributed by atoms with E-state index in [9.17, 15) is 10.1 Å². The molecule has 0 atom stereocenters. The van der Waals surface area contributed by atoms with E-state index in [1.807, 2.05) is 24.3 Å². The van der Waals surface area contributed by atoms with Crippen molar-refractivity contribution >= 4 is 11.4 Å². The third-order valence-corrected chi connectivity index (χ3v) is 2.87. The lowest BCUT2D eigenvalue weighted by atomic mass is 10.1. The third kappa shape index (κ3) is 3.29. The van der Waals surface area contributed by atoms with Crippen LogP contribution in [0.3, 0.4) is 0 Å². The number of benzene rings is 2. The Kier molecular flexibility index (Phi) is 4.10. The van der Waals surface area contributed by atoms with Crippen molar-refractivity contribution in [3.05, 3.63) is 69.8 Å². The molecule has 5 heteroatoms. The van der Waals surface area contributed by atoms with E-state index in [0.29, 0.717) is 18.7 Å². The number of rotatable bonds is 5. The summed E-state index contributed by atoms with van der Waals surface area (Å²) in [5.74, 6) is 0. The van der Waals surface area contributed by atoms with E-state index in [2.05, 4.69) is 5.32 Å². The highest BCUT2D eigenvalue weighted by molar-refractivity contribution is 5.46. The summed E-state index contributed by atoms with van der Waals surface area (Å²) in [5, 5.41) is 14.0. The molecule has 98 valence electrons. The van der Waals surface area contributed by atoms with Crippen LogP contribution in [-0.2, 0) is 13.1 Å². The van der Waals surface area contributed by atoms with Crippen LogP contribution in [0.25, 0.3) is 0 Å². The summed E-state index contributed by atoms with van der Waals surface area (Å²) in [5.41, 5.74) is 8.34. The first kappa shape index (κ1) is 13.0. The molecule has 0 unspecified atom stereocenters. The van der Waals surface area contributed by atoms with Gasteiger partial charge in [0.1, 0.15) is 0 Å². The van der Waals surface area contributed by atoms with Crippen LogP contribution in [0.15, 0.2) is 48.5 Å². The molecule has 0 radical (unpaired) electrons. The SMILES string of the molecule is Nc1ccccc1CNCc1ccccc1[N+](=O)[O-]. The number of hydrogen-bond acceptors (Lipinski definition) is 4. The zero-order valence-electron chi connectivity index (χ0n) is 10.4. The lowest BCUT2D eigenvalue weighted by Gasteiger charge is -2.07. The van der Waals surface area contributed by atoms with Gasteiger partial charge in [-0.3, -0.25) is 10.1 Å². The molecule has 0 saturated heterocycles. The fraction of sp³-hybridized carbons (Fsp3) is 0.143. The molecule has 3 N–H and O–H groups in total. The van der Waals surface area contributed by atoms with Gasteiger partial charge in [0, 0.05) is 30.4 Å². The van der Waals surface area contributed by atoms with Gasteiger partial charge < -0.3 is 11.1 Å². The van der Waals surface area contributed by atoms with E-state index in [0.717, 1.165) is 11.3 Å². The summed E-state index contributed by atoms with van der Waals surface area (Å²) in [6.45, 7) is 1.02. The predicted octanol–water partition coefficient (Wildman–Crippen LogP) is 2.47. The number of nitro groups is 1. The number of nitrogens with two attached hydrogens (primary N) is 1. The van der Waals surface area contributed by atoms with Gasteiger partial charge >= 0.3 is 0 Å². The Bertz CT molecular complexity index is 584. The molecule has 0 amide bonds. The average Bonchev–Trinajstić information content (AvgIpc) is 2.41. The van der Waals surface area contributed by atoms with Crippen LogP contribution in [0.5, 0.6) is 0 Å². The lowest BCUT2D eigenvalue weighted by Crippen LogP contribution is -2.14. The summed E-state index contributed by atoms with van der Waals surface area (Å²) in [7, 11) is 0. The van der Waals surface area contributed by atoms with Crippen molar-refractivity contribution in [3.63, 3.8) is 0 Å². The van der Waals surface area contributed by atoms with Crippen LogP contribution in [-0.4, -0.2) is 4.92 Å². The fourth-order valence-electron chi connectivity index (χ4n) is 1.87. The van der Waals surface area contributed by atoms with Crippen molar-refractivity contribution in [2.75, 3.05) is 5.73 Å². The maximum Gasteiger partial charge on any atom is 0.273 e. The Hall–Kier alpha value is -2.40. The second-order valence-electron chi connectivity index (χ2n) is 4.19. The van der Waals surface area contributed by atoms with Crippen molar-refractivity contribution in [3.8, 4) is 0 Å². The number of nitrogen functional groups attached to an aromatic ring is 1. The quantitative estimate of drug-likeness (QED) is 0.490. The first-order valence-corrected chi connectivity index (χ1v) is 5.95. The van der Waals surface area contributed by atoms with Gasteiger partial charge in [-0.1, -0.05) is 36.4 Å². The van der Waals surface area contributed by atoms with Gasteiger partial charge in [0.15, 0.2) is 0 Å². The first-order valence-electron chi connectivity index (χ1n) is 5.95. The molecule has 2 aromatic carbocycles. The van der Waals surface area contributed by atoms with Crippen LogP contribution in [0.2, 0.25) is 0 Å². The number of hydrogen-bond donors (Lipinski definition) is 2. The van der Waals surface area contributed by atoms with Gasteiger partial charge in [0.2, 0.25) is 0 Å². The molecular formula is C14H15N3O2. The minimum atomic E-state index is -0.367. The molecule has 0 aliphatic heterocycles. The number of nitro benzene ring substituents is 1. The lowest BCUT2D eigenvalue weighted by molar-refractivity contribution is -0.385. The van der Waals surface area contributed by atoms with E-state index in [4.69, 9.17) is 5.73 Å². The highest BCUT2D eigenvalue weighted by Crippen LogP contribution is 2.17. The second-order valence-corrected chi connectivity index (χ2v) is 4.19. The van der Waals surface area contributed by atoms with Crippen LogP contribution in [0.4, 0.5) is 11.4 Å². The van der Waals surface area contributed by atoms with E-state index in [1.54, 1.807) is 18.2 Å². The molecule has 0 aromatic heterocycles. The smallest absolute Gasteiger partial charge is 0.273 e. The molecule has 0 saturated carbocycles. The maximum atomic E-state index is 10.9. The van der Waals surface area contributed by atoms with Crippen molar-refractivity contribution < 1.29 is 4.92 Å². The molecule has 0 aliphatic rings. The van der Waals surface area contributed by atoms with E-state index >= 15 is 0 Å². The summed E-state index contributed by atoms with van der Waals surface area (Å²) in [6.07, 6.45) is 0. The van der Waals surface area contributed by atoms with Gasteiger partial charge in [-0.15, -0.1) is 0 Å². The van der Waals surface area contributed by atoms with Crippen molar-refractivity contribution in [1.82, 2.24) is 5.32 Å². The molecule has 19 heavy (non-hydrogen) atoms. The standard InChI is InChI=1S/C14H15N3O2/c15-13-7-3-1-5-11(13)9-16-10-12-6-2-4-8-14(12)17(18)19/h1-8,16H,9-10,15H2. The zero-order valence-corrected chi connectivity index (χ0v) is 10.4. The topological polar surface area (TPSA) is 81.2 Å². The van der Waals surface area contributed by atoms with E-state index in [1.165, 1.54) is 6.07 Å². The van der Waals surface area contributed by atoms with Crippen LogP contribution in [0.1, 0.15) is 11.1 Å². The van der Waals surface area contributed by atoms with Gasteiger partial charge in [-0.05, 0) is 11.6 Å². The summed E-state index contributed by atoms with van der Waals surface area (Å²) >= 11 is 0. The molecular weight excluding hydrogens is 242 g/mol. The Morgan fingerprint density at radius 3 is 2.26 bits per heavy atom. The van der Waals surface area contributed by atoms with Crippen molar-refractivity contribution in [1.29, 1.82) is 0 Å². The Balaban J connectivity index is 2.00. The summed E-state index contributed by atoms with van der Waals surface area (Å²) in [4.78, 5) is 10.5. The van der Waals surface area contributed by atoms with Gasteiger partial charge in [0.25, 0.3) is 5.69 Å². The Morgan fingerprint density at radius 1 is 1.00 bits per heavy atom. The predicted molar refractivity (Wildman–Crippen MR) is 74.5 cm³/mol. The molecule has 5 nitrogen and oxygen atoms in total. The fourth-order valence-corrected chi connectivity index (χ4v) is 1.87. The zero-order chi connectivity index (χ0) is 13.7. The summed E-state index contributed by atoms with van der Waals surface area (Å²) < 4.78 is 0. The molecule has 2 rings (SSSR count). The first-order chi connectivity index (χ1) is 9.18. The van der Waals surface area contributed by atoms with Gasteiger partial charge in [-0.25, -0.2) is 0 Å². The molecule has 0 aliphatic carbocycles. The largest absolute Gasteiger partial charge is 0.398 e. The summed E-state index contributed by atoms with van der Waals surface area (Å²) in [6, 6.07) is 14.3. The highest BCUT2D eigenvalue weighted by Gasteiger charge is 2.11. The van der Waals surface area contributed by atoms with E-state index < -0.39 is 0 Å². The second kappa shape index (κ2) is 5.97. The normalized spacial score (nSPS) is 10.3. The van der Waals surface area contributed by atoms with Gasteiger partial charge in [-0.2, -0.15) is 0 Å². The van der Waals surface area contributed by atoms with Crippen LogP contribution in [0, 0.1) is 10.1 Å². The number of nitrogens with one attached hydrogen (secondary N) is 1. The molecule has 2 aromatic rings. The van der Waals surface area contributed by atoms with Crippen molar-refractivity contribution in [2.45, 2.75) is 13.1 Å². The average molecular weight is 257 g/mol. The third-order valence-electron chi connectivity index (χ3n) is 2.87. The van der Waals surface area contributed by atoms with Crippen LogP contribution < -0.4 is 11.1 Å². The van der Waals surface area contributed by atoms with Crippen molar-refractivity contribution in [2.24, 2.45) is 0 Å². The molecule has 0 bridgehead atoms. The molecule has 0 heterocycles. The van der Waals surface area contributed by atoms with E-state index in [-0.39, 0.29) is 10.6 Å². The molecule has 0 fully saturated rings. The Morgan fingerprint density at radius 2 is 1.58 bits per heavy atom. The van der Waals surface area contributed by atoms with Crippen LogP contribution >= 0.6 is 0 Å². The minimum Gasteiger partial charge on any atom is -0.398 e. The highest BCUT2D eigenvalue weighted by atomic mass is 16.6. The Labute approximate surface area is 111 Å². The number of para-hydroxylation sites is 2. The van der Waals surface area contributed by atoms with Gasteiger partial charge in [0.05, 0.1) is 4.92 Å². The number of nitrogens with zero attached hydrogens (tertiary/aromatic N) is 1. The maximum absolute atomic E-state index is 10.9. The minimum absolute atomic E-state index is 0.135. The monoisotopic (exact) mass is 257 g/mol.